The first-order valence-corrected chi connectivity index (χ1v) is 15.6. The molecule has 0 saturated heterocycles. The molecule has 0 unspecified atom stereocenters. The lowest BCUT2D eigenvalue weighted by Crippen LogP contribution is -2.50. The second-order valence-corrected chi connectivity index (χ2v) is 12.9. The van der Waals surface area contributed by atoms with Gasteiger partial charge < -0.3 is 30.5 Å². The summed E-state index contributed by atoms with van der Waals surface area (Å²) in [6, 6.07) is 14.2. The van der Waals surface area contributed by atoms with Crippen LogP contribution < -0.4 is 16.0 Å². The monoisotopic (exact) mass is 619 g/mol. The standard InChI is InChI=1S/C35H45N3O7/c1-22(19-39)36-31(40)18-23-12-6-5-7-17-29(33(42)44-21-30(35(2,3)4)38-32(23)41)37-34(43)45-20-28-26-15-10-8-13-24(26)25-14-9-11-16-27(25)28/h5-6,8-11,13-16,22-23,28-30,39H,7,12,17-21H2,1-4H3,(H,36,40)(H,37,43)(H,38,41)/t22-,23+,29-,30+/m0/s1. The molecule has 0 spiro atoms. The molecule has 3 amide bonds. The zero-order valence-corrected chi connectivity index (χ0v) is 26.5. The molecule has 10 heteroatoms. The predicted octanol–water partition coefficient (Wildman–Crippen LogP) is 4.21. The quantitative estimate of drug-likeness (QED) is 0.269. The Hall–Kier alpha value is -4.18. The molecule has 0 radical (unpaired) electrons. The van der Waals surface area contributed by atoms with E-state index < -0.39 is 41.5 Å². The third-order valence-electron chi connectivity index (χ3n) is 8.37. The number of aliphatic hydroxyl groups excluding tert-OH is 1. The van der Waals surface area contributed by atoms with Crippen LogP contribution in [0.1, 0.15) is 70.4 Å². The average Bonchev–Trinajstić information content (AvgIpc) is 3.33. The Kier molecular flexibility index (Phi) is 11.4. The summed E-state index contributed by atoms with van der Waals surface area (Å²) in [7, 11) is 0. The van der Waals surface area contributed by atoms with Crippen LogP contribution in [0.2, 0.25) is 0 Å². The lowest BCUT2D eigenvalue weighted by molar-refractivity contribution is -0.148. The van der Waals surface area contributed by atoms with Crippen LogP contribution in [-0.2, 0) is 23.9 Å². The summed E-state index contributed by atoms with van der Waals surface area (Å²) in [5, 5.41) is 17.6. The zero-order valence-electron chi connectivity index (χ0n) is 26.5. The minimum absolute atomic E-state index is 0.0525. The average molecular weight is 620 g/mol. The van der Waals surface area contributed by atoms with E-state index in [2.05, 4.69) is 28.1 Å². The highest BCUT2D eigenvalue weighted by Gasteiger charge is 2.33. The van der Waals surface area contributed by atoms with E-state index in [4.69, 9.17) is 9.47 Å². The first-order chi connectivity index (χ1) is 21.5. The number of alkyl carbamates (subject to hydrolysis) is 1. The third kappa shape index (κ3) is 8.94. The van der Waals surface area contributed by atoms with Crippen LogP contribution in [0.25, 0.3) is 11.1 Å². The Morgan fingerprint density at radius 3 is 2.31 bits per heavy atom. The van der Waals surface area contributed by atoms with E-state index in [1.54, 1.807) is 6.92 Å². The van der Waals surface area contributed by atoms with Crippen molar-refractivity contribution in [3.05, 3.63) is 71.8 Å². The molecule has 4 atom stereocenters. The number of rotatable bonds is 7. The molecule has 1 heterocycles. The molecule has 0 fully saturated rings. The van der Waals surface area contributed by atoms with Crippen molar-refractivity contribution in [1.82, 2.24) is 16.0 Å². The van der Waals surface area contributed by atoms with Crippen LogP contribution in [-0.4, -0.2) is 66.9 Å². The smallest absolute Gasteiger partial charge is 0.407 e. The lowest BCUT2D eigenvalue weighted by atomic mass is 9.86. The number of fused-ring (bicyclic) bond motifs is 3. The van der Waals surface area contributed by atoms with Gasteiger partial charge in [-0.05, 0) is 53.9 Å². The Morgan fingerprint density at radius 1 is 1.04 bits per heavy atom. The largest absolute Gasteiger partial charge is 0.462 e. The predicted molar refractivity (Wildman–Crippen MR) is 170 cm³/mol. The highest BCUT2D eigenvalue weighted by molar-refractivity contribution is 5.86. The van der Waals surface area contributed by atoms with Crippen molar-refractivity contribution >= 4 is 23.9 Å². The number of amides is 3. The maximum absolute atomic E-state index is 13.3. The third-order valence-corrected chi connectivity index (χ3v) is 8.37. The topological polar surface area (TPSA) is 143 Å². The van der Waals surface area contributed by atoms with Gasteiger partial charge in [0, 0.05) is 18.4 Å². The number of allylic oxidation sites excluding steroid dienone is 2. The van der Waals surface area contributed by atoms with E-state index in [9.17, 15) is 24.3 Å². The van der Waals surface area contributed by atoms with Crippen LogP contribution >= 0.6 is 0 Å². The molecule has 242 valence electrons. The molecule has 1 aliphatic carbocycles. The van der Waals surface area contributed by atoms with E-state index in [-0.39, 0.29) is 50.4 Å². The number of cyclic esters (lactones) is 1. The van der Waals surface area contributed by atoms with Gasteiger partial charge in [-0.25, -0.2) is 9.59 Å². The molecule has 0 bridgehead atoms. The van der Waals surface area contributed by atoms with Crippen LogP contribution in [0, 0.1) is 11.3 Å². The number of esters is 1. The number of benzene rings is 2. The van der Waals surface area contributed by atoms with Crippen molar-refractivity contribution in [2.24, 2.45) is 11.3 Å². The van der Waals surface area contributed by atoms with Crippen LogP contribution in [0.15, 0.2) is 60.7 Å². The van der Waals surface area contributed by atoms with Gasteiger partial charge in [0.1, 0.15) is 19.3 Å². The summed E-state index contributed by atoms with van der Waals surface area (Å²) >= 11 is 0. The molecule has 10 nitrogen and oxygen atoms in total. The fourth-order valence-electron chi connectivity index (χ4n) is 5.62. The number of nitrogens with one attached hydrogen (secondary N) is 3. The normalized spacial score (nSPS) is 21.5. The Bertz CT molecular complexity index is 1350. The summed E-state index contributed by atoms with van der Waals surface area (Å²) in [4.78, 5) is 52.1. The maximum atomic E-state index is 13.3. The number of hydrogen-bond donors (Lipinski definition) is 4. The van der Waals surface area contributed by atoms with Gasteiger partial charge in [0.15, 0.2) is 0 Å². The van der Waals surface area contributed by atoms with Gasteiger partial charge in [-0.1, -0.05) is 81.5 Å². The van der Waals surface area contributed by atoms with Crippen molar-refractivity contribution in [3.8, 4) is 11.1 Å². The minimum atomic E-state index is -0.955. The Balaban J connectivity index is 1.43. The summed E-state index contributed by atoms with van der Waals surface area (Å²) in [5.74, 6) is -2.04. The number of carbonyl (C=O) groups excluding carboxylic acids is 4. The summed E-state index contributed by atoms with van der Waals surface area (Å²) in [6.45, 7) is 7.24. The molecule has 2 aromatic carbocycles. The number of hydrogen-bond acceptors (Lipinski definition) is 7. The Morgan fingerprint density at radius 2 is 1.69 bits per heavy atom. The maximum Gasteiger partial charge on any atom is 0.407 e. The molecule has 0 saturated carbocycles. The molecule has 45 heavy (non-hydrogen) atoms. The highest BCUT2D eigenvalue weighted by Crippen LogP contribution is 2.44. The first kappa shape index (κ1) is 33.7. The second-order valence-electron chi connectivity index (χ2n) is 12.9. The zero-order chi connectivity index (χ0) is 32.6. The van der Waals surface area contributed by atoms with Crippen molar-refractivity contribution in [2.45, 2.75) is 77.4 Å². The fourth-order valence-corrected chi connectivity index (χ4v) is 5.62. The summed E-state index contributed by atoms with van der Waals surface area (Å²) in [5.41, 5.74) is 3.95. The van der Waals surface area contributed by atoms with Crippen molar-refractivity contribution in [3.63, 3.8) is 0 Å². The molecule has 0 aromatic heterocycles. The van der Waals surface area contributed by atoms with E-state index >= 15 is 0 Å². The van der Waals surface area contributed by atoms with Crippen LogP contribution in [0.4, 0.5) is 4.79 Å². The van der Waals surface area contributed by atoms with Crippen LogP contribution in [0.3, 0.4) is 0 Å². The van der Waals surface area contributed by atoms with E-state index in [0.717, 1.165) is 22.3 Å². The van der Waals surface area contributed by atoms with Gasteiger partial charge >= 0.3 is 12.1 Å². The molecular formula is C35H45N3O7. The lowest BCUT2D eigenvalue weighted by Gasteiger charge is -2.32. The molecule has 4 rings (SSSR count). The number of ether oxygens (including phenoxy) is 2. The molecule has 1 aliphatic heterocycles. The van der Waals surface area contributed by atoms with Gasteiger partial charge in [-0.2, -0.15) is 0 Å². The van der Waals surface area contributed by atoms with E-state index in [1.165, 1.54) is 0 Å². The number of aliphatic hydroxyl groups is 1. The highest BCUT2D eigenvalue weighted by atomic mass is 16.6. The first-order valence-electron chi connectivity index (χ1n) is 15.6. The van der Waals surface area contributed by atoms with Gasteiger partial charge in [-0.15, -0.1) is 0 Å². The SMILES string of the molecule is C[C@@H](CO)NC(=O)C[C@H]1CC=CCC[C@H](NC(=O)OCC2c3ccccc3-c3ccccc32)C(=O)OC[C@H](C(C)(C)C)NC1=O. The molecule has 2 aromatic rings. The second kappa shape index (κ2) is 15.2. The summed E-state index contributed by atoms with van der Waals surface area (Å²) in [6.07, 6.45) is 3.87. The van der Waals surface area contributed by atoms with Gasteiger partial charge in [0.25, 0.3) is 0 Å². The van der Waals surface area contributed by atoms with Crippen molar-refractivity contribution < 1.29 is 33.8 Å². The number of carbonyl (C=O) groups is 4. The van der Waals surface area contributed by atoms with Crippen LogP contribution in [0.5, 0.6) is 0 Å². The molecule has 2 aliphatic rings. The Labute approximate surface area is 264 Å². The molecule has 4 N–H and O–H groups in total. The summed E-state index contributed by atoms with van der Waals surface area (Å²) < 4.78 is 11.3. The van der Waals surface area contributed by atoms with E-state index in [0.29, 0.717) is 12.8 Å². The fraction of sp³-hybridized carbons (Fsp3) is 0.486. The van der Waals surface area contributed by atoms with Gasteiger partial charge in [0.05, 0.1) is 18.6 Å². The van der Waals surface area contributed by atoms with Crippen molar-refractivity contribution in [2.75, 3.05) is 19.8 Å². The minimum Gasteiger partial charge on any atom is -0.462 e. The van der Waals surface area contributed by atoms with Gasteiger partial charge in [0.2, 0.25) is 11.8 Å². The van der Waals surface area contributed by atoms with Crippen molar-refractivity contribution in [1.29, 1.82) is 0 Å². The van der Waals surface area contributed by atoms with Gasteiger partial charge in [-0.3, -0.25) is 9.59 Å². The van der Waals surface area contributed by atoms with E-state index in [1.807, 2.05) is 69.3 Å². The molecular weight excluding hydrogens is 574 g/mol.